The highest BCUT2D eigenvalue weighted by Gasteiger charge is 2.01. The highest BCUT2D eigenvalue weighted by atomic mass is 16.2. The van der Waals surface area contributed by atoms with Crippen molar-refractivity contribution in [2.75, 3.05) is 0 Å². The van der Waals surface area contributed by atoms with Gasteiger partial charge in [-0.15, -0.1) is 0 Å². The van der Waals surface area contributed by atoms with Gasteiger partial charge in [0.2, 0.25) is 11.8 Å². The maximum Gasteiger partial charge on any atom is 0.238 e. The second-order valence-electron chi connectivity index (χ2n) is 2.95. The molecule has 13 heavy (non-hydrogen) atoms. The first kappa shape index (κ1) is 11.9. The van der Waals surface area contributed by atoms with Gasteiger partial charge in [0.1, 0.15) is 0 Å². The SMILES string of the molecule is CCCCC(=O)NNC(=O)CCC. The van der Waals surface area contributed by atoms with E-state index in [1.165, 1.54) is 0 Å². The van der Waals surface area contributed by atoms with E-state index in [9.17, 15) is 9.59 Å². The minimum atomic E-state index is -0.132. The number of carbonyl (C=O) groups is 2. The zero-order valence-electron chi connectivity index (χ0n) is 8.35. The zero-order valence-corrected chi connectivity index (χ0v) is 8.35. The Bertz CT molecular complexity index is 169. The van der Waals surface area contributed by atoms with Gasteiger partial charge in [0.05, 0.1) is 0 Å². The molecule has 0 aliphatic heterocycles. The molecule has 0 spiro atoms. The Kier molecular flexibility index (Phi) is 6.96. The van der Waals surface area contributed by atoms with E-state index in [4.69, 9.17) is 0 Å². The molecule has 0 aromatic carbocycles. The predicted molar refractivity (Wildman–Crippen MR) is 50.7 cm³/mol. The van der Waals surface area contributed by atoms with Crippen LogP contribution in [0.4, 0.5) is 0 Å². The van der Waals surface area contributed by atoms with Crippen molar-refractivity contribution in [3.8, 4) is 0 Å². The van der Waals surface area contributed by atoms with Crippen LogP contribution in [0.15, 0.2) is 0 Å². The summed E-state index contributed by atoms with van der Waals surface area (Å²) < 4.78 is 0. The quantitative estimate of drug-likeness (QED) is 0.632. The maximum atomic E-state index is 11.0. The molecule has 4 nitrogen and oxygen atoms in total. The van der Waals surface area contributed by atoms with E-state index >= 15 is 0 Å². The first-order valence-corrected chi connectivity index (χ1v) is 4.78. The van der Waals surface area contributed by atoms with Crippen LogP contribution in [-0.2, 0) is 9.59 Å². The number of amides is 2. The highest BCUT2D eigenvalue weighted by Crippen LogP contribution is 1.92. The molecule has 2 amide bonds. The molecular weight excluding hydrogens is 168 g/mol. The molecule has 0 fully saturated rings. The molecule has 0 bridgehead atoms. The third kappa shape index (κ3) is 7.31. The minimum absolute atomic E-state index is 0.119. The molecule has 2 N–H and O–H groups in total. The van der Waals surface area contributed by atoms with Crippen molar-refractivity contribution in [1.82, 2.24) is 10.9 Å². The van der Waals surface area contributed by atoms with Crippen molar-refractivity contribution in [3.05, 3.63) is 0 Å². The van der Waals surface area contributed by atoms with E-state index < -0.39 is 0 Å². The topological polar surface area (TPSA) is 58.2 Å². The molecule has 0 atom stereocenters. The van der Waals surface area contributed by atoms with Gasteiger partial charge in [-0.1, -0.05) is 20.3 Å². The molecule has 0 rings (SSSR count). The number of hydrogen-bond donors (Lipinski definition) is 2. The van der Waals surface area contributed by atoms with Crippen LogP contribution in [0.25, 0.3) is 0 Å². The first-order chi connectivity index (χ1) is 6.20. The fraction of sp³-hybridized carbons (Fsp3) is 0.778. The normalized spacial score (nSPS) is 9.38. The number of rotatable bonds is 5. The van der Waals surface area contributed by atoms with Gasteiger partial charge in [-0.2, -0.15) is 0 Å². The van der Waals surface area contributed by atoms with E-state index in [1.807, 2.05) is 13.8 Å². The predicted octanol–water partition coefficient (Wildman–Crippen LogP) is 1.12. The lowest BCUT2D eigenvalue weighted by Gasteiger charge is -2.05. The minimum Gasteiger partial charge on any atom is -0.273 e. The highest BCUT2D eigenvalue weighted by molar-refractivity contribution is 5.81. The van der Waals surface area contributed by atoms with Gasteiger partial charge < -0.3 is 0 Å². The molecule has 0 heterocycles. The third-order valence-corrected chi connectivity index (χ3v) is 1.58. The smallest absolute Gasteiger partial charge is 0.238 e. The lowest BCUT2D eigenvalue weighted by molar-refractivity contribution is -0.129. The third-order valence-electron chi connectivity index (χ3n) is 1.58. The van der Waals surface area contributed by atoms with Crippen LogP contribution in [0.3, 0.4) is 0 Å². The van der Waals surface area contributed by atoms with Crippen molar-refractivity contribution >= 4 is 11.8 Å². The second-order valence-corrected chi connectivity index (χ2v) is 2.95. The molecule has 0 aliphatic carbocycles. The summed E-state index contributed by atoms with van der Waals surface area (Å²) in [4.78, 5) is 21.9. The van der Waals surface area contributed by atoms with Crippen LogP contribution in [0, 0.1) is 0 Å². The van der Waals surface area contributed by atoms with E-state index in [-0.39, 0.29) is 11.8 Å². The number of hydrazine groups is 1. The number of carbonyl (C=O) groups excluding carboxylic acids is 2. The van der Waals surface area contributed by atoms with Gasteiger partial charge in [-0.3, -0.25) is 20.4 Å². The summed E-state index contributed by atoms with van der Waals surface area (Å²) in [6, 6.07) is 0. The number of hydrogen-bond acceptors (Lipinski definition) is 2. The fourth-order valence-corrected chi connectivity index (χ4v) is 0.829. The van der Waals surface area contributed by atoms with Crippen molar-refractivity contribution in [3.63, 3.8) is 0 Å². The largest absolute Gasteiger partial charge is 0.273 e. The fourth-order valence-electron chi connectivity index (χ4n) is 0.829. The Morgan fingerprint density at radius 2 is 1.46 bits per heavy atom. The van der Waals surface area contributed by atoms with Gasteiger partial charge in [0, 0.05) is 12.8 Å². The van der Waals surface area contributed by atoms with E-state index in [0.717, 1.165) is 19.3 Å². The monoisotopic (exact) mass is 186 g/mol. The molecule has 0 radical (unpaired) electrons. The Morgan fingerprint density at radius 1 is 0.923 bits per heavy atom. The summed E-state index contributed by atoms with van der Waals surface area (Å²) in [5.41, 5.74) is 4.72. The summed E-state index contributed by atoms with van der Waals surface area (Å²) in [6.45, 7) is 3.93. The number of nitrogens with one attached hydrogen (secondary N) is 2. The summed E-state index contributed by atoms with van der Waals surface area (Å²) in [7, 11) is 0. The standard InChI is InChI=1S/C9H18N2O2/c1-3-5-7-9(13)11-10-8(12)6-4-2/h3-7H2,1-2H3,(H,10,12)(H,11,13). The Labute approximate surface area is 79.1 Å². The van der Waals surface area contributed by atoms with Gasteiger partial charge in [0.15, 0.2) is 0 Å². The average molecular weight is 186 g/mol. The van der Waals surface area contributed by atoms with Crippen LogP contribution in [0.5, 0.6) is 0 Å². The zero-order chi connectivity index (χ0) is 10.1. The Morgan fingerprint density at radius 3 is 1.92 bits per heavy atom. The Hall–Kier alpha value is -1.06. The van der Waals surface area contributed by atoms with Crippen molar-refractivity contribution in [2.24, 2.45) is 0 Å². The van der Waals surface area contributed by atoms with Crippen LogP contribution in [-0.4, -0.2) is 11.8 Å². The molecular formula is C9H18N2O2. The summed E-state index contributed by atoms with van der Waals surface area (Å²) in [6.07, 6.45) is 3.55. The van der Waals surface area contributed by atoms with Gasteiger partial charge in [-0.25, -0.2) is 0 Å². The summed E-state index contributed by atoms with van der Waals surface area (Å²) >= 11 is 0. The molecule has 0 saturated carbocycles. The van der Waals surface area contributed by atoms with E-state index in [0.29, 0.717) is 12.8 Å². The molecule has 0 aromatic rings. The van der Waals surface area contributed by atoms with Crippen LogP contribution >= 0.6 is 0 Å². The van der Waals surface area contributed by atoms with E-state index in [1.54, 1.807) is 0 Å². The Balaban J connectivity index is 3.40. The van der Waals surface area contributed by atoms with Gasteiger partial charge in [0.25, 0.3) is 0 Å². The maximum absolute atomic E-state index is 11.0. The summed E-state index contributed by atoms with van der Waals surface area (Å²) in [5.74, 6) is -0.251. The van der Waals surface area contributed by atoms with Crippen molar-refractivity contribution in [2.45, 2.75) is 46.0 Å². The average Bonchev–Trinajstić information content (AvgIpc) is 2.12. The van der Waals surface area contributed by atoms with E-state index in [2.05, 4.69) is 10.9 Å². The van der Waals surface area contributed by atoms with Gasteiger partial charge in [-0.05, 0) is 12.8 Å². The van der Waals surface area contributed by atoms with Crippen molar-refractivity contribution in [1.29, 1.82) is 0 Å². The van der Waals surface area contributed by atoms with Crippen LogP contribution in [0.2, 0.25) is 0 Å². The molecule has 76 valence electrons. The first-order valence-electron chi connectivity index (χ1n) is 4.78. The molecule has 4 heteroatoms. The van der Waals surface area contributed by atoms with Crippen molar-refractivity contribution < 1.29 is 9.59 Å². The molecule has 0 saturated heterocycles. The second kappa shape index (κ2) is 7.58. The number of unbranched alkanes of at least 4 members (excludes halogenated alkanes) is 1. The summed E-state index contributed by atoms with van der Waals surface area (Å²) in [5, 5.41) is 0. The molecule has 0 aliphatic rings. The molecule has 0 unspecified atom stereocenters. The van der Waals surface area contributed by atoms with Crippen LogP contribution < -0.4 is 10.9 Å². The molecule has 0 aromatic heterocycles. The lowest BCUT2D eigenvalue weighted by atomic mass is 10.2. The van der Waals surface area contributed by atoms with Crippen LogP contribution in [0.1, 0.15) is 46.0 Å². The van der Waals surface area contributed by atoms with Gasteiger partial charge >= 0.3 is 0 Å². The lowest BCUT2D eigenvalue weighted by Crippen LogP contribution is -2.41.